The van der Waals surface area contributed by atoms with Gasteiger partial charge in [0, 0.05) is 7.28 Å². The van der Waals surface area contributed by atoms with E-state index < -0.39 is 0 Å². The minimum absolute atomic E-state index is 0.0161. The van der Waals surface area contributed by atoms with E-state index in [-0.39, 0.29) is 7.28 Å². The van der Waals surface area contributed by atoms with Crippen LogP contribution in [0, 0.1) is 13.8 Å². The molecule has 0 aliphatic carbocycles. The molecule has 0 atom stereocenters. The van der Waals surface area contributed by atoms with Crippen molar-refractivity contribution in [2.24, 2.45) is 0 Å². The van der Waals surface area contributed by atoms with Crippen LogP contribution in [-0.4, -0.2) is 7.28 Å². The van der Waals surface area contributed by atoms with Crippen molar-refractivity contribution in [2.45, 2.75) is 20.2 Å². The molecule has 2 aromatic rings. The molecular weight excluding hydrogens is 191 g/mol. The van der Waals surface area contributed by atoms with Crippen LogP contribution in [0.15, 0.2) is 48.5 Å². The predicted molar refractivity (Wildman–Crippen MR) is 74.2 cm³/mol. The fourth-order valence-electron chi connectivity index (χ4n) is 2.41. The lowest BCUT2D eigenvalue weighted by molar-refractivity contribution is 1.26. The van der Waals surface area contributed by atoms with Gasteiger partial charge in [-0.05, 0) is 13.8 Å². The van der Waals surface area contributed by atoms with Crippen LogP contribution in [0.3, 0.4) is 0 Å². The normalized spacial score (nSPS) is 10.4. The third kappa shape index (κ3) is 2.76. The van der Waals surface area contributed by atoms with Gasteiger partial charge in [0.05, 0.1) is 0 Å². The van der Waals surface area contributed by atoms with Crippen molar-refractivity contribution in [2.75, 3.05) is 0 Å². The number of hydrogen-bond donors (Lipinski definition) is 0. The standard InChI is InChI=1S/C15H18B/c1-12-8-9-14(13(2)10-12)11-16-15-6-4-3-5-7-15/h3-10H,11,16H2,1-2H3/q-1. The monoisotopic (exact) mass is 209 g/mol. The molecule has 0 aromatic heterocycles. The maximum absolute atomic E-state index is 2.29. The van der Waals surface area contributed by atoms with Crippen molar-refractivity contribution in [1.82, 2.24) is 0 Å². The first kappa shape index (κ1) is 11.0. The Labute approximate surface area is 98.6 Å². The van der Waals surface area contributed by atoms with E-state index in [2.05, 4.69) is 62.4 Å². The molecule has 16 heavy (non-hydrogen) atoms. The van der Waals surface area contributed by atoms with E-state index in [1.807, 2.05) is 0 Å². The van der Waals surface area contributed by atoms with E-state index in [9.17, 15) is 0 Å². The largest absolute Gasteiger partial charge is 0.217 e. The highest BCUT2D eigenvalue weighted by Gasteiger charge is 1.95. The molecule has 0 radical (unpaired) electrons. The Bertz CT molecular complexity index is 460. The van der Waals surface area contributed by atoms with Crippen LogP contribution < -0.4 is 5.46 Å². The van der Waals surface area contributed by atoms with Gasteiger partial charge in [-0.25, -0.2) is 5.46 Å². The van der Waals surface area contributed by atoms with Gasteiger partial charge < -0.3 is 0 Å². The fraction of sp³-hybridized carbons (Fsp3) is 0.200. The second-order valence-electron chi connectivity index (χ2n) is 4.79. The molecular formula is C15H18B-. The van der Waals surface area contributed by atoms with Crippen molar-refractivity contribution in [3.63, 3.8) is 0 Å². The van der Waals surface area contributed by atoms with Gasteiger partial charge in [-0.15, -0.1) is 0 Å². The number of aryl methyl sites for hydroxylation is 2. The maximum Gasteiger partial charge on any atom is 0.000581 e. The predicted octanol–water partition coefficient (Wildman–Crippen LogP) is 2.30. The summed E-state index contributed by atoms with van der Waals surface area (Å²) in [4.78, 5) is 0. The molecule has 0 bridgehead atoms. The van der Waals surface area contributed by atoms with Gasteiger partial charge >= 0.3 is 0 Å². The van der Waals surface area contributed by atoms with Gasteiger partial charge in [-0.3, -0.25) is 0 Å². The van der Waals surface area contributed by atoms with Crippen LogP contribution in [0.1, 0.15) is 16.7 Å². The van der Waals surface area contributed by atoms with Crippen LogP contribution in [0.2, 0.25) is 0 Å². The topological polar surface area (TPSA) is 0 Å². The zero-order valence-electron chi connectivity index (χ0n) is 10.3. The Hall–Kier alpha value is -1.50. The summed E-state index contributed by atoms with van der Waals surface area (Å²) in [5, 5.41) is 0. The Morgan fingerprint density at radius 3 is 2.38 bits per heavy atom. The lowest BCUT2D eigenvalue weighted by Crippen LogP contribution is -2.16. The van der Waals surface area contributed by atoms with Crippen molar-refractivity contribution < 1.29 is 0 Å². The summed E-state index contributed by atoms with van der Waals surface area (Å²) >= 11 is 0. The van der Waals surface area contributed by atoms with Gasteiger partial charge in [0.15, 0.2) is 0 Å². The van der Waals surface area contributed by atoms with E-state index in [1.165, 1.54) is 23.0 Å². The lowest BCUT2D eigenvalue weighted by atomic mass is 9.65. The molecule has 0 aliphatic heterocycles. The third-order valence-corrected chi connectivity index (χ3v) is 3.40. The molecule has 0 nitrogen and oxygen atoms in total. The summed E-state index contributed by atoms with van der Waals surface area (Å²) in [6, 6.07) is 17.7. The molecule has 0 aliphatic rings. The zero-order chi connectivity index (χ0) is 11.4. The van der Waals surface area contributed by atoms with Crippen molar-refractivity contribution in [3.8, 4) is 0 Å². The molecule has 0 saturated carbocycles. The summed E-state index contributed by atoms with van der Waals surface area (Å²) in [7, 11) is -0.0161. The fourth-order valence-corrected chi connectivity index (χ4v) is 2.41. The number of benzene rings is 2. The molecule has 0 N–H and O–H groups in total. The molecule has 0 spiro atoms. The van der Waals surface area contributed by atoms with Crippen molar-refractivity contribution >= 4 is 12.7 Å². The van der Waals surface area contributed by atoms with Gasteiger partial charge in [-0.1, -0.05) is 65.2 Å². The molecule has 0 unspecified atom stereocenters. The van der Waals surface area contributed by atoms with Crippen molar-refractivity contribution in [1.29, 1.82) is 0 Å². The minimum Gasteiger partial charge on any atom is -0.217 e. The number of hydrogen-bond acceptors (Lipinski definition) is 0. The Morgan fingerprint density at radius 2 is 1.69 bits per heavy atom. The smallest absolute Gasteiger partial charge is 0.000581 e. The Balaban J connectivity index is 2.05. The summed E-state index contributed by atoms with van der Waals surface area (Å²) in [6.07, 6.45) is 1.26. The van der Waals surface area contributed by atoms with Gasteiger partial charge in [-0.2, -0.15) is 6.32 Å². The van der Waals surface area contributed by atoms with E-state index in [4.69, 9.17) is 0 Å². The maximum atomic E-state index is 2.29. The third-order valence-electron chi connectivity index (χ3n) is 3.40. The zero-order valence-corrected chi connectivity index (χ0v) is 10.3. The van der Waals surface area contributed by atoms with Crippen LogP contribution in [0.5, 0.6) is 0 Å². The van der Waals surface area contributed by atoms with E-state index in [0.717, 1.165) is 0 Å². The van der Waals surface area contributed by atoms with Crippen LogP contribution >= 0.6 is 0 Å². The summed E-state index contributed by atoms with van der Waals surface area (Å²) in [6.45, 7) is 4.38. The highest BCUT2D eigenvalue weighted by atomic mass is 14.0. The first-order valence-corrected chi connectivity index (χ1v) is 6.21. The van der Waals surface area contributed by atoms with Crippen LogP contribution in [-0.2, 0) is 6.32 Å². The summed E-state index contributed by atoms with van der Waals surface area (Å²) in [5.74, 6) is 0. The molecule has 0 heterocycles. The SMILES string of the molecule is Cc1ccc(C[BH2-]c2ccccc2)c(C)c1. The Morgan fingerprint density at radius 1 is 0.938 bits per heavy atom. The quantitative estimate of drug-likeness (QED) is 0.680. The molecule has 0 amide bonds. The van der Waals surface area contributed by atoms with Gasteiger partial charge in [0.25, 0.3) is 0 Å². The first-order chi connectivity index (χ1) is 7.75. The number of rotatable bonds is 3. The molecule has 82 valence electrons. The minimum atomic E-state index is -0.0161. The van der Waals surface area contributed by atoms with E-state index >= 15 is 0 Å². The van der Waals surface area contributed by atoms with Gasteiger partial charge in [0.1, 0.15) is 0 Å². The van der Waals surface area contributed by atoms with Crippen LogP contribution in [0.25, 0.3) is 0 Å². The van der Waals surface area contributed by atoms with Crippen LogP contribution in [0.4, 0.5) is 0 Å². The van der Waals surface area contributed by atoms with Gasteiger partial charge in [0.2, 0.25) is 0 Å². The molecule has 2 rings (SSSR count). The molecule has 0 fully saturated rings. The highest BCUT2D eigenvalue weighted by molar-refractivity contribution is 6.52. The molecule has 0 saturated heterocycles. The lowest BCUT2D eigenvalue weighted by Gasteiger charge is -2.11. The molecule has 2 aromatic carbocycles. The summed E-state index contributed by atoms with van der Waals surface area (Å²) in [5.41, 5.74) is 5.87. The van der Waals surface area contributed by atoms with E-state index in [1.54, 1.807) is 5.46 Å². The first-order valence-electron chi connectivity index (χ1n) is 6.21. The second kappa shape index (κ2) is 5.02. The average molecular weight is 209 g/mol. The van der Waals surface area contributed by atoms with Crippen molar-refractivity contribution in [3.05, 3.63) is 65.2 Å². The highest BCUT2D eigenvalue weighted by Crippen LogP contribution is 2.10. The summed E-state index contributed by atoms with van der Waals surface area (Å²) < 4.78 is 0. The Kier molecular flexibility index (Phi) is 3.45. The molecule has 1 heteroatoms. The second-order valence-corrected chi connectivity index (χ2v) is 4.79. The average Bonchev–Trinajstić information content (AvgIpc) is 2.29. The van der Waals surface area contributed by atoms with E-state index in [0.29, 0.717) is 0 Å².